The fourth-order valence-electron chi connectivity index (χ4n) is 2.83. The van der Waals surface area contributed by atoms with Crippen molar-refractivity contribution in [3.05, 3.63) is 87.7 Å². The van der Waals surface area contributed by atoms with Crippen LogP contribution in [0, 0.1) is 19.7 Å². The van der Waals surface area contributed by atoms with Gasteiger partial charge in [-0.15, -0.1) is 0 Å². The van der Waals surface area contributed by atoms with Crippen molar-refractivity contribution in [3.63, 3.8) is 0 Å². The van der Waals surface area contributed by atoms with Crippen LogP contribution >= 0.6 is 11.6 Å². The zero-order valence-electron chi connectivity index (χ0n) is 16.7. The molecule has 0 aromatic heterocycles. The summed E-state index contributed by atoms with van der Waals surface area (Å²) in [5, 5.41) is 0.384. The van der Waals surface area contributed by atoms with Crippen LogP contribution in [0.2, 0.25) is 5.02 Å². The summed E-state index contributed by atoms with van der Waals surface area (Å²) >= 11 is 6.45. The van der Waals surface area contributed by atoms with Crippen molar-refractivity contribution in [3.8, 4) is 11.5 Å². The van der Waals surface area contributed by atoms with Gasteiger partial charge < -0.3 is 9.47 Å². The van der Waals surface area contributed by atoms with Crippen LogP contribution in [0.15, 0.2) is 59.6 Å². The van der Waals surface area contributed by atoms with Crippen molar-refractivity contribution in [1.82, 2.24) is 0 Å². The quantitative estimate of drug-likeness (QED) is 0.399. The van der Waals surface area contributed by atoms with Crippen molar-refractivity contribution in [2.45, 2.75) is 27.4 Å². The van der Waals surface area contributed by atoms with Gasteiger partial charge in [-0.05, 0) is 61.7 Å². The summed E-state index contributed by atoms with van der Waals surface area (Å²) in [5.74, 6) is 0.568. The number of aryl methyl sites for hydroxylation is 2. The van der Waals surface area contributed by atoms with Crippen molar-refractivity contribution in [2.24, 2.45) is 4.99 Å². The van der Waals surface area contributed by atoms with E-state index in [-0.39, 0.29) is 12.4 Å². The number of benzene rings is 3. The van der Waals surface area contributed by atoms with E-state index in [1.165, 1.54) is 6.07 Å². The van der Waals surface area contributed by atoms with Crippen LogP contribution in [0.3, 0.4) is 0 Å². The summed E-state index contributed by atoms with van der Waals surface area (Å²) < 4.78 is 25.4. The molecule has 0 amide bonds. The van der Waals surface area contributed by atoms with Gasteiger partial charge in [-0.2, -0.15) is 0 Å². The van der Waals surface area contributed by atoms with Gasteiger partial charge in [0.15, 0.2) is 11.5 Å². The molecule has 0 aliphatic rings. The van der Waals surface area contributed by atoms with Gasteiger partial charge >= 0.3 is 0 Å². The molecular weight excluding hydrogens is 389 g/mol. The van der Waals surface area contributed by atoms with E-state index in [0.29, 0.717) is 28.7 Å². The molecule has 0 bridgehead atoms. The molecule has 0 aliphatic heterocycles. The number of rotatable bonds is 7. The molecule has 0 fully saturated rings. The second-order valence-corrected chi connectivity index (χ2v) is 7.10. The van der Waals surface area contributed by atoms with Crippen LogP contribution in [-0.4, -0.2) is 12.8 Å². The smallest absolute Gasteiger partial charge is 0.180 e. The highest BCUT2D eigenvalue weighted by Gasteiger charge is 2.13. The molecule has 0 saturated carbocycles. The maximum absolute atomic E-state index is 13.9. The third-order valence-electron chi connectivity index (χ3n) is 4.38. The Morgan fingerprint density at radius 3 is 2.59 bits per heavy atom. The second kappa shape index (κ2) is 9.57. The molecule has 3 nitrogen and oxygen atoms in total. The van der Waals surface area contributed by atoms with Crippen molar-refractivity contribution < 1.29 is 13.9 Å². The van der Waals surface area contributed by atoms with Gasteiger partial charge in [-0.3, -0.25) is 4.99 Å². The number of ether oxygens (including phenoxy) is 2. The highest BCUT2D eigenvalue weighted by Crippen LogP contribution is 2.37. The fraction of sp³-hybridized carbons (Fsp3) is 0.208. The van der Waals surface area contributed by atoms with Gasteiger partial charge in [0.05, 0.1) is 17.3 Å². The van der Waals surface area contributed by atoms with Gasteiger partial charge in [-0.25, -0.2) is 4.39 Å². The molecular formula is C24H23ClFNO2. The van der Waals surface area contributed by atoms with Gasteiger partial charge in [0, 0.05) is 11.8 Å². The van der Waals surface area contributed by atoms with Crippen molar-refractivity contribution in [1.29, 1.82) is 0 Å². The van der Waals surface area contributed by atoms with E-state index in [4.69, 9.17) is 21.1 Å². The van der Waals surface area contributed by atoms with Crippen LogP contribution in [0.1, 0.15) is 29.2 Å². The molecule has 0 heterocycles. The summed E-state index contributed by atoms with van der Waals surface area (Å²) in [4.78, 5) is 4.58. The van der Waals surface area contributed by atoms with E-state index in [9.17, 15) is 4.39 Å². The molecule has 0 spiro atoms. The lowest BCUT2D eigenvalue weighted by atomic mass is 10.1. The Kier molecular flexibility index (Phi) is 6.89. The van der Waals surface area contributed by atoms with Gasteiger partial charge in [-0.1, -0.05) is 41.9 Å². The van der Waals surface area contributed by atoms with Crippen LogP contribution in [0.25, 0.3) is 0 Å². The molecule has 3 aromatic rings. The van der Waals surface area contributed by atoms with E-state index in [2.05, 4.69) is 11.1 Å². The van der Waals surface area contributed by atoms with Gasteiger partial charge in [0.25, 0.3) is 0 Å². The maximum Gasteiger partial charge on any atom is 0.180 e. The number of aliphatic imine (C=N–C) groups is 1. The minimum atomic E-state index is -0.320. The molecule has 0 radical (unpaired) electrons. The minimum Gasteiger partial charge on any atom is -0.490 e. The molecule has 3 aromatic carbocycles. The molecule has 0 N–H and O–H groups in total. The topological polar surface area (TPSA) is 30.8 Å². The average Bonchev–Trinajstić information content (AvgIpc) is 2.69. The van der Waals surface area contributed by atoms with Crippen LogP contribution in [0.4, 0.5) is 10.1 Å². The number of nitrogens with zero attached hydrogens (tertiary/aromatic N) is 1. The molecule has 150 valence electrons. The third-order valence-corrected chi connectivity index (χ3v) is 4.66. The highest BCUT2D eigenvalue weighted by atomic mass is 35.5. The lowest BCUT2D eigenvalue weighted by Gasteiger charge is -2.15. The normalized spacial score (nSPS) is 11.1. The predicted molar refractivity (Wildman–Crippen MR) is 117 cm³/mol. The highest BCUT2D eigenvalue weighted by molar-refractivity contribution is 6.32. The summed E-state index contributed by atoms with van der Waals surface area (Å²) in [6.07, 6.45) is 1.75. The summed E-state index contributed by atoms with van der Waals surface area (Å²) in [6.45, 7) is 6.44. The second-order valence-electron chi connectivity index (χ2n) is 6.69. The lowest BCUT2D eigenvalue weighted by Crippen LogP contribution is -2.02. The predicted octanol–water partition coefficient (Wildman–Crippen LogP) is 6.82. The van der Waals surface area contributed by atoms with Crippen LogP contribution in [-0.2, 0) is 6.61 Å². The Bertz CT molecular complexity index is 1030. The lowest BCUT2D eigenvalue weighted by molar-refractivity contribution is 0.266. The molecule has 0 atom stereocenters. The van der Waals surface area contributed by atoms with Crippen LogP contribution in [0.5, 0.6) is 11.5 Å². The molecule has 0 aliphatic carbocycles. The minimum absolute atomic E-state index is 0.0579. The Balaban J connectivity index is 1.86. The third kappa shape index (κ3) is 5.36. The Morgan fingerprint density at radius 2 is 1.83 bits per heavy atom. The molecule has 0 unspecified atom stereocenters. The number of hydrogen-bond acceptors (Lipinski definition) is 3. The summed E-state index contributed by atoms with van der Waals surface area (Å²) in [5.41, 5.74) is 4.38. The first-order valence-corrected chi connectivity index (χ1v) is 9.79. The molecule has 29 heavy (non-hydrogen) atoms. The fourth-order valence-corrected chi connectivity index (χ4v) is 3.11. The first kappa shape index (κ1) is 20.9. The van der Waals surface area contributed by atoms with E-state index < -0.39 is 0 Å². The van der Waals surface area contributed by atoms with E-state index >= 15 is 0 Å². The number of halogens is 2. The Hall–Kier alpha value is -2.85. The summed E-state index contributed by atoms with van der Waals surface area (Å²) in [7, 11) is 0. The SMILES string of the molecule is CCOc1cc(C=Nc2cc(C)ccc2C)cc(Cl)c1OCc1ccccc1F. The average molecular weight is 412 g/mol. The molecule has 0 saturated heterocycles. The molecule has 5 heteroatoms. The van der Waals surface area contributed by atoms with E-state index in [1.54, 1.807) is 30.5 Å². The first-order chi connectivity index (χ1) is 14.0. The van der Waals surface area contributed by atoms with E-state index in [0.717, 1.165) is 22.4 Å². The van der Waals surface area contributed by atoms with Crippen LogP contribution < -0.4 is 9.47 Å². The summed E-state index contributed by atoms with van der Waals surface area (Å²) in [6, 6.07) is 16.2. The largest absolute Gasteiger partial charge is 0.490 e. The van der Waals surface area contributed by atoms with Gasteiger partial charge in [0.1, 0.15) is 12.4 Å². The van der Waals surface area contributed by atoms with Gasteiger partial charge in [0.2, 0.25) is 0 Å². The Labute approximate surface area is 175 Å². The van der Waals surface area contributed by atoms with Crippen molar-refractivity contribution >= 4 is 23.5 Å². The number of hydrogen-bond donors (Lipinski definition) is 0. The van der Waals surface area contributed by atoms with Crippen molar-refractivity contribution in [2.75, 3.05) is 6.61 Å². The maximum atomic E-state index is 13.9. The molecule has 3 rings (SSSR count). The first-order valence-electron chi connectivity index (χ1n) is 9.41. The Morgan fingerprint density at radius 1 is 1.03 bits per heavy atom. The zero-order chi connectivity index (χ0) is 20.8. The zero-order valence-corrected chi connectivity index (χ0v) is 17.5. The monoisotopic (exact) mass is 411 g/mol. The standard InChI is InChI=1S/C24H23ClFNO2/c1-4-28-23-13-18(14-27-22-11-16(2)9-10-17(22)3)12-20(25)24(23)29-15-19-7-5-6-8-21(19)26/h5-14H,4,15H2,1-3H3. The van der Waals surface area contributed by atoms with E-state index in [1.807, 2.05) is 39.0 Å².